The lowest BCUT2D eigenvalue weighted by Crippen LogP contribution is -2.38. The molecule has 3 aromatic rings. The molecule has 3 atom stereocenters. The molecule has 0 radical (unpaired) electrons. The van der Waals surface area contributed by atoms with Gasteiger partial charge in [-0.15, -0.1) is 0 Å². The average molecular weight is 395 g/mol. The summed E-state index contributed by atoms with van der Waals surface area (Å²) >= 11 is 0. The summed E-state index contributed by atoms with van der Waals surface area (Å²) in [5, 5.41) is 8.64. The molecule has 2 N–H and O–H groups in total. The van der Waals surface area contributed by atoms with E-state index in [1.54, 1.807) is 6.26 Å². The van der Waals surface area contributed by atoms with Crippen molar-refractivity contribution >= 4 is 27.5 Å². The van der Waals surface area contributed by atoms with E-state index in [2.05, 4.69) is 28.8 Å². The highest BCUT2D eigenvalue weighted by Crippen LogP contribution is 2.24. The predicted molar refractivity (Wildman–Crippen MR) is 117 cm³/mol. The molecule has 0 spiro atoms. The van der Waals surface area contributed by atoms with Gasteiger partial charge in [0.15, 0.2) is 0 Å². The molecular formula is C23H26N2O2S. The van der Waals surface area contributed by atoms with Gasteiger partial charge in [-0.25, -0.2) is 0 Å². The Morgan fingerprint density at radius 3 is 2.39 bits per heavy atom. The van der Waals surface area contributed by atoms with Gasteiger partial charge in [0.25, 0.3) is 0 Å². The third-order valence-electron chi connectivity index (χ3n) is 4.78. The maximum absolute atomic E-state index is 12.5. The molecule has 3 rings (SSSR count). The average Bonchev–Trinajstić information content (AvgIpc) is 2.71. The van der Waals surface area contributed by atoms with Crippen LogP contribution in [0, 0.1) is 0 Å². The number of fused-ring (bicyclic) bond motifs is 1. The Balaban J connectivity index is 1.64. The standard InChI is InChI=1S/C23H26N2O2S/c1-17(20-14-8-12-18-9-6-7-13-21(18)20)25-23(26)15-24-22(16-28(2)27)19-10-4-3-5-11-19/h3-14,17,22,24H,15-16H2,1-2H3,(H,25,26)/t17-,22+,28-/m0/s1. The zero-order chi connectivity index (χ0) is 19.9. The second kappa shape index (κ2) is 9.62. The molecule has 0 unspecified atom stereocenters. The highest BCUT2D eigenvalue weighted by Gasteiger charge is 2.16. The van der Waals surface area contributed by atoms with Crippen molar-refractivity contribution in [1.29, 1.82) is 0 Å². The van der Waals surface area contributed by atoms with Crippen molar-refractivity contribution in [3.05, 3.63) is 83.9 Å². The summed E-state index contributed by atoms with van der Waals surface area (Å²) in [7, 11) is -0.961. The first-order chi connectivity index (χ1) is 13.5. The van der Waals surface area contributed by atoms with Crippen molar-refractivity contribution in [3.8, 4) is 0 Å². The van der Waals surface area contributed by atoms with Crippen LogP contribution in [0.2, 0.25) is 0 Å². The molecule has 0 saturated heterocycles. The van der Waals surface area contributed by atoms with E-state index < -0.39 is 10.8 Å². The molecule has 0 aliphatic carbocycles. The molecule has 0 aliphatic heterocycles. The Morgan fingerprint density at radius 1 is 0.964 bits per heavy atom. The second-order valence-electron chi connectivity index (χ2n) is 6.94. The van der Waals surface area contributed by atoms with E-state index in [4.69, 9.17) is 0 Å². The van der Waals surface area contributed by atoms with Gasteiger partial charge < -0.3 is 10.6 Å². The predicted octanol–water partition coefficient (Wildman–Crippen LogP) is 3.73. The van der Waals surface area contributed by atoms with E-state index in [-0.39, 0.29) is 24.5 Å². The first-order valence-electron chi connectivity index (χ1n) is 9.40. The molecule has 0 bridgehead atoms. The molecule has 0 saturated carbocycles. The van der Waals surface area contributed by atoms with Crippen LogP contribution in [0.4, 0.5) is 0 Å². The fourth-order valence-corrected chi connectivity index (χ4v) is 4.19. The topological polar surface area (TPSA) is 58.2 Å². The monoisotopic (exact) mass is 394 g/mol. The van der Waals surface area contributed by atoms with Crippen molar-refractivity contribution in [2.75, 3.05) is 18.6 Å². The van der Waals surface area contributed by atoms with Crippen LogP contribution < -0.4 is 10.6 Å². The summed E-state index contributed by atoms with van der Waals surface area (Å²) < 4.78 is 11.7. The molecule has 0 aromatic heterocycles. The van der Waals surface area contributed by atoms with Crippen LogP contribution in [-0.2, 0) is 15.6 Å². The number of hydrogen-bond acceptors (Lipinski definition) is 3. The van der Waals surface area contributed by atoms with Gasteiger partial charge >= 0.3 is 0 Å². The van der Waals surface area contributed by atoms with E-state index in [9.17, 15) is 9.00 Å². The summed E-state index contributed by atoms with van der Waals surface area (Å²) in [6.07, 6.45) is 1.68. The number of carbonyl (C=O) groups excluding carboxylic acids is 1. The molecular weight excluding hydrogens is 368 g/mol. The van der Waals surface area contributed by atoms with Gasteiger partial charge in [0.2, 0.25) is 5.91 Å². The highest BCUT2D eigenvalue weighted by atomic mass is 32.2. The summed E-state index contributed by atoms with van der Waals surface area (Å²) in [6.45, 7) is 2.17. The molecule has 5 heteroatoms. The highest BCUT2D eigenvalue weighted by molar-refractivity contribution is 7.84. The Bertz CT molecular complexity index is 954. The van der Waals surface area contributed by atoms with Gasteiger partial charge in [-0.3, -0.25) is 9.00 Å². The summed E-state index contributed by atoms with van der Waals surface area (Å²) in [4.78, 5) is 12.5. The van der Waals surface area contributed by atoms with Gasteiger partial charge in [-0.05, 0) is 28.8 Å². The summed E-state index contributed by atoms with van der Waals surface area (Å²) in [5.74, 6) is 0.388. The van der Waals surface area contributed by atoms with E-state index in [1.165, 1.54) is 0 Å². The van der Waals surface area contributed by atoms with Crippen molar-refractivity contribution in [2.45, 2.75) is 19.0 Å². The molecule has 0 fully saturated rings. The van der Waals surface area contributed by atoms with Crippen LogP contribution in [0.25, 0.3) is 10.8 Å². The smallest absolute Gasteiger partial charge is 0.234 e. The zero-order valence-corrected chi connectivity index (χ0v) is 17.0. The van der Waals surface area contributed by atoms with Gasteiger partial charge in [-0.1, -0.05) is 72.8 Å². The minimum absolute atomic E-state index is 0.0803. The van der Waals surface area contributed by atoms with Crippen LogP contribution >= 0.6 is 0 Å². The third kappa shape index (κ3) is 5.27. The van der Waals surface area contributed by atoms with E-state index in [1.807, 2.05) is 61.5 Å². The van der Waals surface area contributed by atoms with Crippen LogP contribution in [0.5, 0.6) is 0 Å². The van der Waals surface area contributed by atoms with Gasteiger partial charge in [0, 0.05) is 28.9 Å². The van der Waals surface area contributed by atoms with Crippen molar-refractivity contribution in [1.82, 2.24) is 10.6 Å². The SMILES string of the molecule is C[C@H](NC(=O)CN[C@H](C[S@](C)=O)c1ccccc1)c1cccc2ccccc12. The van der Waals surface area contributed by atoms with Gasteiger partial charge in [0.05, 0.1) is 12.6 Å². The lowest BCUT2D eigenvalue weighted by atomic mass is 10.00. The number of rotatable bonds is 8. The molecule has 4 nitrogen and oxygen atoms in total. The lowest BCUT2D eigenvalue weighted by molar-refractivity contribution is -0.121. The fourth-order valence-electron chi connectivity index (χ4n) is 3.41. The van der Waals surface area contributed by atoms with E-state index >= 15 is 0 Å². The fraction of sp³-hybridized carbons (Fsp3) is 0.261. The minimum atomic E-state index is -0.961. The third-order valence-corrected chi connectivity index (χ3v) is 5.58. The molecule has 1 amide bonds. The first kappa shape index (κ1) is 20.2. The van der Waals surface area contributed by atoms with Crippen LogP contribution in [0.3, 0.4) is 0 Å². The van der Waals surface area contributed by atoms with Crippen molar-refractivity contribution in [2.24, 2.45) is 0 Å². The Hall–Kier alpha value is -2.50. The van der Waals surface area contributed by atoms with Gasteiger partial charge in [0.1, 0.15) is 0 Å². The molecule has 146 valence electrons. The Labute approximate surface area is 168 Å². The van der Waals surface area contributed by atoms with Crippen LogP contribution in [0.15, 0.2) is 72.8 Å². The lowest BCUT2D eigenvalue weighted by Gasteiger charge is -2.20. The molecule has 0 heterocycles. The van der Waals surface area contributed by atoms with Crippen molar-refractivity contribution in [3.63, 3.8) is 0 Å². The van der Waals surface area contributed by atoms with Crippen LogP contribution in [-0.4, -0.2) is 28.7 Å². The van der Waals surface area contributed by atoms with E-state index in [0.29, 0.717) is 5.75 Å². The number of carbonyl (C=O) groups is 1. The molecule has 0 aliphatic rings. The second-order valence-corrected chi connectivity index (χ2v) is 8.42. The summed E-state index contributed by atoms with van der Waals surface area (Å²) in [5.41, 5.74) is 2.13. The van der Waals surface area contributed by atoms with Crippen LogP contribution in [0.1, 0.15) is 30.1 Å². The number of benzene rings is 3. The zero-order valence-electron chi connectivity index (χ0n) is 16.2. The quantitative estimate of drug-likeness (QED) is 0.612. The summed E-state index contributed by atoms with van der Waals surface area (Å²) in [6, 6.07) is 23.9. The van der Waals surface area contributed by atoms with E-state index in [0.717, 1.165) is 21.9 Å². The van der Waals surface area contributed by atoms with Crippen molar-refractivity contribution < 1.29 is 9.00 Å². The Morgan fingerprint density at radius 2 is 1.64 bits per heavy atom. The maximum atomic E-state index is 12.5. The molecule has 28 heavy (non-hydrogen) atoms. The number of hydrogen-bond donors (Lipinski definition) is 2. The molecule has 3 aromatic carbocycles. The largest absolute Gasteiger partial charge is 0.348 e. The number of amides is 1. The van der Waals surface area contributed by atoms with Gasteiger partial charge in [-0.2, -0.15) is 0 Å². The maximum Gasteiger partial charge on any atom is 0.234 e. The first-order valence-corrected chi connectivity index (χ1v) is 11.1. The number of nitrogens with one attached hydrogen (secondary N) is 2. The minimum Gasteiger partial charge on any atom is -0.348 e. The Kier molecular flexibility index (Phi) is 6.95. The normalized spacial score (nSPS) is 14.4.